The zero-order chi connectivity index (χ0) is 17.6. The van der Waals surface area contributed by atoms with Crippen LogP contribution < -0.4 is 0 Å². The topological polar surface area (TPSA) is 79.2 Å². The molecule has 1 amide bonds. The van der Waals surface area contributed by atoms with Gasteiger partial charge in [0.15, 0.2) is 12.7 Å². The van der Waals surface area contributed by atoms with Crippen molar-refractivity contribution in [2.75, 3.05) is 13.2 Å². The van der Waals surface area contributed by atoms with Gasteiger partial charge >= 0.3 is 5.97 Å². The summed E-state index contributed by atoms with van der Waals surface area (Å²) >= 11 is 0. The Bertz CT molecular complexity index is 775. The summed E-state index contributed by atoms with van der Waals surface area (Å²) in [4.78, 5) is 24.0. The SMILES string of the molecule is O=C(OCC(=O)N1CCC(c2ccccc2)=N1)[C@H](O)c1ccccc1. The van der Waals surface area contributed by atoms with Gasteiger partial charge < -0.3 is 9.84 Å². The zero-order valence-electron chi connectivity index (χ0n) is 13.5. The molecule has 0 aliphatic carbocycles. The van der Waals surface area contributed by atoms with Crippen LogP contribution in [0.1, 0.15) is 23.7 Å². The molecular formula is C19H18N2O4. The van der Waals surface area contributed by atoms with E-state index in [1.54, 1.807) is 30.3 Å². The number of carbonyl (C=O) groups is 2. The summed E-state index contributed by atoms with van der Waals surface area (Å²) < 4.78 is 4.92. The van der Waals surface area contributed by atoms with Crippen LogP contribution in [0, 0.1) is 0 Å². The van der Waals surface area contributed by atoms with Crippen LogP contribution in [0.25, 0.3) is 0 Å². The van der Waals surface area contributed by atoms with Gasteiger partial charge in [-0.15, -0.1) is 0 Å². The van der Waals surface area contributed by atoms with Gasteiger partial charge in [-0.25, -0.2) is 9.80 Å². The molecule has 25 heavy (non-hydrogen) atoms. The van der Waals surface area contributed by atoms with Gasteiger partial charge in [-0.05, 0) is 11.1 Å². The van der Waals surface area contributed by atoms with Crippen molar-refractivity contribution in [1.82, 2.24) is 5.01 Å². The highest BCUT2D eigenvalue weighted by molar-refractivity contribution is 6.02. The molecule has 0 saturated carbocycles. The molecule has 3 rings (SSSR count). The Morgan fingerprint density at radius 2 is 1.72 bits per heavy atom. The molecule has 0 spiro atoms. The highest BCUT2D eigenvalue weighted by Gasteiger charge is 2.24. The van der Waals surface area contributed by atoms with E-state index in [1.165, 1.54) is 5.01 Å². The van der Waals surface area contributed by atoms with Crippen molar-refractivity contribution in [2.24, 2.45) is 5.10 Å². The Kier molecular flexibility index (Phi) is 5.20. The van der Waals surface area contributed by atoms with Crippen molar-refractivity contribution in [1.29, 1.82) is 0 Å². The number of hydrogen-bond donors (Lipinski definition) is 1. The Labute approximate surface area is 145 Å². The molecule has 0 saturated heterocycles. The smallest absolute Gasteiger partial charge is 0.340 e. The second-order valence-corrected chi connectivity index (χ2v) is 5.60. The van der Waals surface area contributed by atoms with E-state index >= 15 is 0 Å². The second kappa shape index (κ2) is 7.72. The molecule has 2 aromatic rings. The molecular weight excluding hydrogens is 320 g/mol. The lowest BCUT2D eigenvalue weighted by molar-refractivity contribution is -0.159. The number of rotatable bonds is 5. The minimum Gasteiger partial charge on any atom is -0.453 e. The molecule has 2 aromatic carbocycles. The Morgan fingerprint density at radius 3 is 2.40 bits per heavy atom. The maximum atomic E-state index is 12.1. The Hall–Kier alpha value is -2.99. The van der Waals surface area contributed by atoms with Gasteiger partial charge in [0, 0.05) is 6.42 Å². The minimum atomic E-state index is -1.41. The first-order valence-electron chi connectivity index (χ1n) is 7.98. The zero-order valence-corrected chi connectivity index (χ0v) is 13.5. The van der Waals surface area contributed by atoms with Gasteiger partial charge in [0.25, 0.3) is 5.91 Å². The van der Waals surface area contributed by atoms with Crippen LogP contribution in [0.15, 0.2) is 65.8 Å². The van der Waals surface area contributed by atoms with Crippen molar-refractivity contribution < 1.29 is 19.4 Å². The summed E-state index contributed by atoms with van der Waals surface area (Å²) in [5.41, 5.74) is 2.21. The van der Waals surface area contributed by atoms with Gasteiger partial charge in [0.05, 0.1) is 12.3 Å². The van der Waals surface area contributed by atoms with E-state index in [9.17, 15) is 14.7 Å². The van der Waals surface area contributed by atoms with Crippen LogP contribution in [0.5, 0.6) is 0 Å². The average molecular weight is 338 g/mol. The molecule has 0 aromatic heterocycles. The van der Waals surface area contributed by atoms with E-state index in [2.05, 4.69) is 5.10 Å². The summed E-state index contributed by atoms with van der Waals surface area (Å²) in [6.07, 6.45) is -0.757. The summed E-state index contributed by atoms with van der Waals surface area (Å²) in [6, 6.07) is 18.0. The Balaban J connectivity index is 1.55. The molecule has 1 N–H and O–H groups in total. The largest absolute Gasteiger partial charge is 0.453 e. The van der Waals surface area contributed by atoms with Gasteiger partial charge in [-0.2, -0.15) is 5.10 Å². The molecule has 1 atom stereocenters. The van der Waals surface area contributed by atoms with Crippen LogP contribution in [-0.2, 0) is 14.3 Å². The third kappa shape index (κ3) is 4.10. The predicted molar refractivity (Wildman–Crippen MR) is 91.7 cm³/mol. The molecule has 6 heteroatoms. The van der Waals surface area contributed by atoms with Crippen molar-refractivity contribution in [3.8, 4) is 0 Å². The van der Waals surface area contributed by atoms with Crippen LogP contribution in [0.4, 0.5) is 0 Å². The van der Waals surface area contributed by atoms with Crippen LogP contribution in [0.3, 0.4) is 0 Å². The van der Waals surface area contributed by atoms with E-state index < -0.39 is 24.6 Å². The number of ether oxygens (including phenoxy) is 1. The molecule has 0 unspecified atom stereocenters. The number of hydrazone groups is 1. The summed E-state index contributed by atoms with van der Waals surface area (Å²) in [7, 11) is 0. The number of nitrogens with zero attached hydrogens (tertiary/aromatic N) is 2. The normalized spacial score (nSPS) is 14.8. The predicted octanol–water partition coefficient (Wildman–Crippen LogP) is 1.90. The maximum absolute atomic E-state index is 12.1. The average Bonchev–Trinajstić information content (AvgIpc) is 3.17. The first-order chi connectivity index (χ1) is 12.1. The first kappa shape index (κ1) is 16.9. The number of esters is 1. The maximum Gasteiger partial charge on any atom is 0.340 e. The van der Waals surface area contributed by atoms with Crippen molar-refractivity contribution in [3.63, 3.8) is 0 Å². The fourth-order valence-corrected chi connectivity index (χ4v) is 2.53. The van der Waals surface area contributed by atoms with Crippen LogP contribution >= 0.6 is 0 Å². The van der Waals surface area contributed by atoms with E-state index in [0.29, 0.717) is 18.5 Å². The number of hydrogen-bond acceptors (Lipinski definition) is 5. The van der Waals surface area contributed by atoms with Crippen LogP contribution in [0.2, 0.25) is 0 Å². The van der Waals surface area contributed by atoms with Gasteiger partial charge in [0.1, 0.15) is 0 Å². The molecule has 1 aliphatic heterocycles. The molecule has 0 fully saturated rings. The molecule has 1 heterocycles. The van der Waals surface area contributed by atoms with Gasteiger partial charge in [0.2, 0.25) is 0 Å². The van der Waals surface area contributed by atoms with E-state index in [0.717, 1.165) is 11.3 Å². The second-order valence-electron chi connectivity index (χ2n) is 5.60. The fourth-order valence-electron chi connectivity index (χ4n) is 2.53. The van der Waals surface area contributed by atoms with Crippen molar-refractivity contribution in [3.05, 3.63) is 71.8 Å². The number of amides is 1. The number of carbonyl (C=O) groups excluding carboxylic acids is 2. The third-order valence-electron chi connectivity index (χ3n) is 3.87. The standard InChI is InChI=1S/C19H18N2O4/c22-17(13-25-19(24)18(23)15-9-5-2-6-10-15)21-12-11-16(20-21)14-7-3-1-4-8-14/h1-10,18,23H,11-13H2/t18-/m1/s1. The number of benzene rings is 2. The quantitative estimate of drug-likeness (QED) is 0.845. The van der Waals surface area contributed by atoms with Crippen LogP contribution in [-0.4, -0.2) is 40.9 Å². The molecule has 6 nitrogen and oxygen atoms in total. The lowest BCUT2D eigenvalue weighted by Gasteiger charge is -2.13. The lowest BCUT2D eigenvalue weighted by Crippen LogP contribution is -2.30. The number of aliphatic hydroxyl groups is 1. The highest BCUT2D eigenvalue weighted by atomic mass is 16.5. The fraction of sp³-hybridized carbons (Fsp3) is 0.211. The van der Waals surface area contributed by atoms with E-state index in [1.807, 2.05) is 30.3 Å². The molecule has 1 aliphatic rings. The molecule has 0 radical (unpaired) electrons. The first-order valence-corrected chi connectivity index (χ1v) is 7.98. The van der Waals surface area contributed by atoms with Gasteiger partial charge in [-0.1, -0.05) is 60.7 Å². The van der Waals surface area contributed by atoms with E-state index in [4.69, 9.17) is 4.74 Å². The summed E-state index contributed by atoms with van der Waals surface area (Å²) in [6.45, 7) is -0.00382. The van der Waals surface area contributed by atoms with E-state index in [-0.39, 0.29) is 0 Å². The molecule has 128 valence electrons. The lowest BCUT2D eigenvalue weighted by atomic mass is 10.1. The van der Waals surface area contributed by atoms with Crippen molar-refractivity contribution in [2.45, 2.75) is 12.5 Å². The highest BCUT2D eigenvalue weighted by Crippen LogP contribution is 2.15. The molecule has 0 bridgehead atoms. The monoisotopic (exact) mass is 338 g/mol. The number of aliphatic hydroxyl groups excluding tert-OH is 1. The van der Waals surface area contributed by atoms with Crippen molar-refractivity contribution >= 4 is 17.6 Å². The van der Waals surface area contributed by atoms with Gasteiger partial charge in [-0.3, -0.25) is 4.79 Å². The summed E-state index contributed by atoms with van der Waals surface area (Å²) in [5.74, 6) is -1.27. The minimum absolute atomic E-state index is 0.417. The third-order valence-corrected chi connectivity index (χ3v) is 3.87. The Morgan fingerprint density at radius 1 is 1.08 bits per heavy atom. The summed E-state index contributed by atoms with van der Waals surface area (Å²) in [5, 5.41) is 15.5.